The van der Waals surface area contributed by atoms with E-state index in [2.05, 4.69) is 16.0 Å². The van der Waals surface area contributed by atoms with Crippen molar-refractivity contribution >= 4 is 10.9 Å². The summed E-state index contributed by atoms with van der Waals surface area (Å²) in [7, 11) is 0. The lowest BCUT2D eigenvalue weighted by atomic mass is 10.2. The number of aryl methyl sites for hydroxylation is 1. The molecule has 3 aromatic heterocycles. The summed E-state index contributed by atoms with van der Waals surface area (Å²) in [5.41, 5.74) is 1.72. The summed E-state index contributed by atoms with van der Waals surface area (Å²) in [5, 5.41) is 5.30. The van der Waals surface area contributed by atoms with Crippen molar-refractivity contribution in [3.05, 3.63) is 81.0 Å². The zero-order valence-electron chi connectivity index (χ0n) is 16.3. The Labute approximate surface area is 166 Å². The van der Waals surface area contributed by atoms with Crippen LogP contribution in [0.15, 0.2) is 58.5 Å². The molecular formula is C22H19N5O2. The van der Waals surface area contributed by atoms with Gasteiger partial charge in [-0.15, -0.1) is 6.42 Å². The molecule has 29 heavy (non-hydrogen) atoms. The lowest BCUT2D eigenvalue weighted by molar-refractivity contribution is 0.580. The Morgan fingerprint density at radius 1 is 1.10 bits per heavy atom. The van der Waals surface area contributed by atoms with Crippen LogP contribution in [-0.4, -0.2) is 23.9 Å². The smallest absolute Gasteiger partial charge is 0.281 e. The largest absolute Gasteiger partial charge is 0.337 e. The number of hydrogen-bond acceptors (Lipinski definition) is 4. The van der Waals surface area contributed by atoms with Gasteiger partial charge in [0.15, 0.2) is 5.69 Å². The minimum atomic E-state index is -0.548. The van der Waals surface area contributed by atoms with Gasteiger partial charge in [0.2, 0.25) is 0 Å². The molecule has 0 aliphatic heterocycles. The van der Waals surface area contributed by atoms with E-state index in [1.165, 1.54) is 10.8 Å². The molecule has 7 heteroatoms. The van der Waals surface area contributed by atoms with E-state index >= 15 is 0 Å². The van der Waals surface area contributed by atoms with E-state index in [-0.39, 0.29) is 5.69 Å². The van der Waals surface area contributed by atoms with Gasteiger partial charge in [-0.3, -0.25) is 14.3 Å². The summed E-state index contributed by atoms with van der Waals surface area (Å²) in [5.74, 6) is 2.58. The number of benzene rings is 1. The molecule has 0 spiro atoms. The third-order valence-electron chi connectivity index (χ3n) is 4.94. The van der Waals surface area contributed by atoms with Crippen LogP contribution in [0, 0.1) is 26.2 Å². The number of terminal acetylenes is 1. The van der Waals surface area contributed by atoms with Crippen molar-refractivity contribution in [2.24, 2.45) is 0 Å². The zero-order chi connectivity index (χ0) is 20.7. The van der Waals surface area contributed by atoms with Crippen molar-refractivity contribution in [3.8, 4) is 23.7 Å². The first-order valence-electron chi connectivity index (χ1n) is 9.13. The fourth-order valence-corrected chi connectivity index (χ4v) is 3.53. The van der Waals surface area contributed by atoms with Gasteiger partial charge in [-0.2, -0.15) is 5.10 Å². The summed E-state index contributed by atoms with van der Waals surface area (Å²) >= 11 is 0. The summed E-state index contributed by atoms with van der Waals surface area (Å²) in [4.78, 5) is 30.9. The first-order valence-corrected chi connectivity index (χ1v) is 9.13. The van der Waals surface area contributed by atoms with Gasteiger partial charge in [0, 0.05) is 11.6 Å². The van der Waals surface area contributed by atoms with Crippen molar-refractivity contribution < 1.29 is 0 Å². The molecule has 3 heterocycles. The molecule has 1 aromatic carbocycles. The van der Waals surface area contributed by atoms with E-state index in [0.717, 1.165) is 21.0 Å². The Balaban J connectivity index is 2.17. The van der Waals surface area contributed by atoms with Crippen molar-refractivity contribution in [1.29, 1.82) is 0 Å². The molecule has 0 radical (unpaired) electrons. The van der Waals surface area contributed by atoms with Crippen LogP contribution in [0.3, 0.4) is 0 Å². The highest BCUT2D eigenvalue weighted by Crippen LogP contribution is 2.19. The zero-order valence-corrected chi connectivity index (χ0v) is 16.3. The summed E-state index contributed by atoms with van der Waals surface area (Å²) in [6.07, 6.45) is 10.5. The van der Waals surface area contributed by atoms with Gasteiger partial charge >= 0.3 is 5.69 Å². The van der Waals surface area contributed by atoms with E-state index in [1.54, 1.807) is 37.0 Å². The molecule has 0 bridgehead atoms. The maximum atomic E-state index is 13.5. The summed E-state index contributed by atoms with van der Waals surface area (Å²) in [6, 6.07) is 8.75. The highest BCUT2D eigenvalue weighted by atomic mass is 16.2. The third-order valence-corrected chi connectivity index (χ3v) is 4.94. The fourth-order valence-electron chi connectivity index (χ4n) is 3.53. The maximum absolute atomic E-state index is 13.5. The van der Waals surface area contributed by atoms with Gasteiger partial charge in [-0.25, -0.2) is 14.0 Å². The maximum Gasteiger partial charge on any atom is 0.337 e. The molecule has 0 N–H and O–H groups in total. The molecule has 0 saturated carbocycles. The van der Waals surface area contributed by atoms with Crippen LogP contribution >= 0.6 is 0 Å². The molecule has 7 nitrogen and oxygen atoms in total. The second-order valence-corrected chi connectivity index (χ2v) is 6.91. The van der Waals surface area contributed by atoms with E-state index < -0.39 is 17.3 Å². The SMILES string of the molecule is C#C[C@@H](C)n1c(C)c(-n2ncc3ccccc32)c(=O)n(-c2cncc(C)c2)c1=O. The predicted octanol–water partition coefficient (Wildman–Crippen LogP) is 2.54. The van der Waals surface area contributed by atoms with Crippen molar-refractivity contribution in [2.75, 3.05) is 0 Å². The summed E-state index contributed by atoms with van der Waals surface area (Å²) < 4.78 is 4.11. The molecule has 0 saturated heterocycles. The molecular weight excluding hydrogens is 366 g/mol. The lowest BCUT2D eigenvalue weighted by Gasteiger charge is -2.19. The fraction of sp³-hybridized carbons (Fsp3) is 0.182. The Bertz CT molecular complexity index is 1400. The Hall–Kier alpha value is -3.92. The predicted molar refractivity (Wildman–Crippen MR) is 112 cm³/mol. The first-order chi connectivity index (χ1) is 13.9. The highest BCUT2D eigenvalue weighted by Gasteiger charge is 2.22. The molecule has 4 rings (SSSR count). The minimum Gasteiger partial charge on any atom is -0.281 e. The Morgan fingerprint density at radius 2 is 1.86 bits per heavy atom. The Morgan fingerprint density at radius 3 is 2.59 bits per heavy atom. The van der Waals surface area contributed by atoms with Crippen LogP contribution in [0.2, 0.25) is 0 Å². The average molecular weight is 385 g/mol. The number of nitrogens with zero attached hydrogens (tertiary/aromatic N) is 5. The van der Waals surface area contributed by atoms with Crippen LogP contribution in [0.1, 0.15) is 24.2 Å². The molecule has 0 aliphatic rings. The normalized spacial score (nSPS) is 12.1. The quantitative estimate of drug-likeness (QED) is 0.508. The first kappa shape index (κ1) is 18.4. The molecule has 0 aliphatic carbocycles. The van der Waals surface area contributed by atoms with Gasteiger partial charge in [-0.1, -0.05) is 24.1 Å². The van der Waals surface area contributed by atoms with E-state index in [0.29, 0.717) is 11.4 Å². The molecule has 0 amide bonds. The second-order valence-electron chi connectivity index (χ2n) is 6.91. The monoisotopic (exact) mass is 385 g/mol. The van der Waals surface area contributed by atoms with Gasteiger partial charge in [0.1, 0.15) is 0 Å². The van der Waals surface area contributed by atoms with Gasteiger partial charge in [-0.05, 0) is 38.5 Å². The Kier molecular flexibility index (Phi) is 4.40. The number of aromatic nitrogens is 5. The van der Waals surface area contributed by atoms with Crippen LogP contribution < -0.4 is 11.2 Å². The number of rotatable bonds is 3. The topological polar surface area (TPSA) is 74.7 Å². The van der Waals surface area contributed by atoms with Gasteiger partial charge in [0.05, 0.1) is 35.3 Å². The number of hydrogen-bond donors (Lipinski definition) is 0. The van der Waals surface area contributed by atoms with Crippen molar-refractivity contribution in [1.82, 2.24) is 23.9 Å². The third kappa shape index (κ3) is 2.86. The second kappa shape index (κ2) is 6.91. The van der Waals surface area contributed by atoms with Gasteiger partial charge in [0.25, 0.3) is 5.56 Å². The molecule has 1 atom stereocenters. The average Bonchev–Trinajstić information content (AvgIpc) is 3.12. The number of para-hydroxylation sites is 1. The van der Waals surface area contributed by atoms with Crippen molar-refractivity contribution in [3.63, 3.8) is 0 Å². The number of fused-ring (bicyclic) bond motifs is 1. The van der Waals surface area contributed by atoms with Gasteiger partial charge < -0.3 is 0 Å². The van der Waals surface area contributed by atoms with Crippen LogP contribution in [0.4, 0.5) is 0 Å². The minimum absolute atomic E-state index is 0.273. The molecule has 4 aromatic rings. The standard InChI is InChI=1S/C22H19N5O2/c1-5-15(3)25-16(4)20(27-19-9-7-6-8-17(19)12-24-27)21(28)26(22(25)29)18-10-14(2)11-23-13-18/h1,6-13,15H,2-4H3/t15-/m1/s1. The van der Waals surface area contributed by atoms with E-state index in [1.807, 2.05) is 31.2 Å². The van der Waals surface area contributed by atoms with E-state index in [4.69, 9.17) is 6.42 Å². The molecule has 0 fully saturated rings. The highest BCUT2D eigenvalue weighted by molar-refractivity contribution is 5.80. The molecule has 0 unspecified atom stereocenters. The van der Waals surface area contributed by atoms with Crippen LogP contribution in [0.25, 0.3) is 22.3 Å². The number of pyridine rings is 1. The van der Waals surface area contributed by atoms with Crippen LogP contribution in [-0.2, 0) is 0 Å². The summed E-state index contributed by atoms with van der Waals surface area (Å²) in [6.45, 7) is 5.30. The van der Waals surface area contributed by atoms with Crippen molar-refractivity contribution in [2.45, 2.75) is 26.8 Å². The lowest BCUT2D eigenvalue weighted by Crippen LogP contribution is -2.43. The molecule has 144 valence electrons. The van der Waals surface area contributed by atoms with Crippen LogP contribution in [0.5, 0.6) is 0 Å². The van der Waals surface area contributed by atoms with E-state index in [9.17, 15) is 9.59 Å².